The van der Waals surface area contributed by atoms with Gasteiger partial charge in [-0.2, -0.15) is 0 Å². The Morgan fingerprint density at radius 3 is 2.22 bits per heavy atom. The van der Waals surface area contributed by atoms with Crippen LogP contribution in [0.15, 0.2) is 48.5 Å². The topological polar surface area (TPSA) is 105 Å². The van der Waals surface area contributed by atoms with Crippen LogP contribution in [0.3, 0.4) is 0 Å². The van der Waals surface area contributed by atoms with Gasteiger partial charge in [-0.1, -0.05) is 48.5 Å². The summed E-state index contributed by atoms with van der Waals surface area (Å²) in [5.41, 5.74) is 4.40. The molecule has 0 aliphatic heterocycles. The van der Waals surface area contributed by atoms with Crippen LogP contribution in [-0.2, 0) is 19.1 Å². The van der Waals surface area contributed by atoms with E-state index in [0.717, 1.165) is 22.3 Å². The van der Waals surface area contributed by atoms with E-state index < -0.39 is 24.0 Å². The fourth-order valence-electron chi connectivity index (χ4n) is 3.91. The summed E-state index contributed by atoms with van der Waals surface area (Å²) in [6, 6.07) is 15.0. The van der Waals surface area contributed by atoms with Crippen LogP contribution in [0.5, 0.6) is 0 Å². The van der Waals surface area contributed by atoms with Crippen LogP contribution in [0.4, 0.5) is 4.79 Å². The highest BCUT2D eigenvalue weighted by Crippen LogP contribution is 2.44. The van der Waals surface area contributed by atoms with Gasteiger partial charge in [-0.25, -0.2) is 4.79 Å². The zero-order valence-corrected chi connectivity index (χ0v) is 18.2. The first kappa shape index (κ1) is 23.3. The molecule has 0 saturated heterocycles. The van der Waals surface area contributed by atoms with E-state index in [2.05, 4.69) is 5.32 Å². The number of nitrogens with one attached hydrogen (secondary N) is 1. The SMILES string of the molecule is COCCN(C)C(=O)C(CCC(=O)O)NC(=O)OCC1c2ccccc2-c2ccccc21. The molecule has 0 saturated carbocycles. The Morgan fingerprint density at radius 1 is 1.06 bits per heavy atom. The Morgan fingerprint density at radius 2 is 1.66 bits per heavy atom. The van der Waals surface area contributed by atoms with E-state index >= 15 is 0 Å². The number of amides is 2. The molecule has 0 aromatic heterocycles. The number of carbonyl (C=O) groups is 3. The lowest BCUT2D eigenvalue weighted by Crippen LogP contribution is -2.48. The first-order valence-corrected chi connectivity index (χ1v) is 10.5. The van der Waals surface area contributed by atoms with E-state index in [1.807, 2.05) is 48.5 Å². The van der Waals surface area contributed by atoms with E-state index in [1.165, 1.54) is 12.0 Å². The Kier molecular flexibility index (Phi) is 7.83. The molecular formula is C24H28N2O6. The number of nitrogens with zero attached hydrogens (tertiary/aromatic N) is 1. The third kappa shape index (κ3) is 5.45. The highest BCUT2D eigenvalue weighted by atomic mass is 16.5. The minimum absolute atomic E-state index is 0.0321. The first-order valence-electron chi connectivity index (χ1n) is 10.5. The molecule has 2 aromatic carbocycles. The average Bonchev–Trinajstić information content (AvgIpc) is 3.12. The molecule has 1 unspecified atom stereocenters. The molecule has 2 amide bonds. The number of fused-ring (bicyclic) bond motifs is 3. The maximum Gasteiger partial charge on any atom is 0.407 e. The van der Waals surface area contributed by atoms with Crippen LogP contribution in [0.25, 0.3) is 11.1 Å². The molecule has 1 aliphatic rings. The van der Waals surface area contributed by atoms with Gasteiger partial charge in [0.15, 0.2) is 0 Å². The zero-order valence-electron chi connectivity index (χ0n) is 18.2. The number of likely N-dealkylation sites (N-methyl/N-ethyl adjacent to an activating group) is 1. The Bertz CT molecular complexity index is 931. The summed E-state index contributed by atoms with van der Waals surface area (Å²) in [5, 5.41) is 11.5. The molecule has 0 fully saturated rings. The van der Waals surface area contributed by atoms with Crippen LogP contribution in [-0.4, -0.2) is 67.9 Å². The third-order valence-corrected chi connectivity index (χ3v) is 5.59. The van der Waals surface area contributed by atoms with E-state index in [9.17, 15) is 14.4 Å². The van der Waals surface area contributed by atoms with Gasteiger partial charge in [0.2, 0.25) is 5.91 Å². The van der Waals surface area contributed by atoms with Crippen molar-refractivity contribution in [2.45, 2.75) is 24.8 Å². The molecule has 8 heteroatoms. The lowest BCUT2D eigenvalue weighted by Gasteiger charge is -2.24. The largest absolute Gasteiger partial charge is 0.481 e. The minimum Gasteiger partial charge on any atom is -0.481 e. The fourth-order valence-corrected chi connectivity index (χ4v) is 3.91. The van der Waals surface area contributed by atoms with Gasteiger partial charge < -0.3 is 24.8 Å². The van der Waals surface area contributed by atoms with Crippen molar-refractivity contribution in [1.29, 1.82) is 0 Å². The van der Waals surface area contributed by atoms with Crippen LogP contribution in [0.1, 0.15) is 29.9 Å². The molecule has 8 nitrogen and oxygen atoms in total. The molecule has 32 heavy (non-hydrogen) atoms. The lowest BCUT2D eigenvalue weighted by atomic mass is 9.98. The predicted octanol–water partition coefficient (Wildman–Crippen LogP) is 2.86. The van der Waals surface area contributed by atoms with Crippen molar-refractivity contribution in [3.63, 3.8) is 0 Å². The van der Waals surface area contributed by atoms with E-state index in [0.29, 0.717) is 13.2 Å². The third-order valence-electron chi connectivity index (χ3n) is 5.59. The maximum atomic E-state index is 12.7. The number of alkyl carbamates (subject to hydrolysis) is 1. The normalized spacial score (nSPS) is 13.1. The lowest BCUT2D eigenvalue weighted by molar-refractivity contribution is -0.138. The van der Waals surface area contributed by atoms with Crippen LogP contribution < -0.4 is 5.32 Å². The first-order chi connectivity index (χ1) is 15.4. The van der Waals surface area contributed by atoms with Crippen LogP contribution >= 0.6 is 0 Å². The number of ether oxygens (including phenoxy) is 2. The molecule has 0 spiro atoms. The Balaban J connectivity index is 1.66. The summed E-state index contributed by atoms with van der Waals surface area (Å²) in [7, 11) is 3.10. The Labute approximate surface area is 187 Å². The van der Waals surface area contributed by atoms with Gasteiger partial charge in [-0.3, -0.25) is 9.59 Å². The molecule has 2 N–H and O–H groups in total. The quantitative estimate of drug-likeness (QED) is 0.589. The highest BCUT2D eigenvalue weighted by Gasteiger charge is 2.30. The molecular weight excluding hydrogens is 412 g/mol. The second-order valence-corrected chi connectivity index (χ2v) is 7.71. The molecule has 2 aromatic rings. The number of methoxy groups -OCH3 is 1. The van der Waals surface area contributed by atoms with Gasteiger partial charge in [-0.05, 0) is 28.7 Å². The van der Waals surface area contributed by atoms with Gasteiger partial charge in [-0.15, -0.1) is 0 Å². The number of carboxylic acid groups (broad SMARTS) is 1. The smallest absolute Gasteiger partial charge is 0.407 e. The number of carboxylic acids is 1. The van der Waals surface area contributed by atoms with Crippen molar-refractivity contribution >= 4 is 18.0 Å². The summed E-state index contributed by atoms with van der Waals surface area (Å²) in [4.78, 5) is 37.6. The number of hydrogen-bond donors (Lipinski definition) is 2. The van der Waals surface area contributed by atoms with Crippen molar-refractivity contribution in [2.75, 3.05) is 33.9 Å². The van der Waals surface area contributed by atoms with Gasteiger partial charge in [0, 0.05) is 33.0 Å². The molecule has 1 atom stereocenters. The van der Waals surface area contributed by atoms with Crippen LogP contribution in [0, 0.1) is 0 Å². The number of rotatable bonds is 10. The summed E-state index contributed by atoms with van der Waals surface area (Å²) >= 11 is 0. The van der Waals surface area contributed by atoms with Gasteiger partial charge in [0.1, 0.15) is 12.6 Å². The average molecular weight is 440 g/mol. The summed E-state index contributed by atoms with van der Waals surface area (Å²) in [6.45, 7) is 0.767. The van der Waals surface area contributed by atoms with Crippen molar-refractivity contribution in [2.24, 2.45) is 0 Å². The second kappa shape index (κ2) is 10.8. The number of carbonyl (C=O) groups excluding carboxylic acids is 2. The monoisotopic (exact) mass is 440 g/mol. The van der Waals surface area contributed by atoms with Crippen molar-refractivity contribution in [1.82, 2.24) is 10.2 Å². The zero-order chi connectivity index (χ0) is 23.1. The maximum absolute atomic E-state index is 12.7. The Hall–Kier alpha value is -3.39. The van der Waals surface area contributed by atoms with Gasteiger partial charge >= 0.3 is 12.1 Å². The summed E-state index contributed by atoms with van der Waals surface area (Å²) in [5.74, 6) is -1.54. The predicted molar refractivity (Wildman–Crippen MR) is 118 cm³/mol. The summed E-state index contributed by atoms with van der Waals surface area (Å²) < 4.78 is 10.5. The minimum atomic E-state index is -1.04. The van der Waals surface area contributed by atoms with Gasteiger partial charge in [0.25, 0.3) is 0 Å². The number of aliphatic carboxylic acids is 1. The number of benzene rings is 2. The second-order valence-electron chi connectivity index (χ2n) is 7.71. The molecule has 0 bridgehead atoms. The molecule has 1 aliphatic carbocycles. The molecule has 0 heterocycles. The number of hydrogen-bond acceptors (Lipinski definition) is 5. The van der Waals surface area contributed by atoms with Crippen molar-refractivity contribution < 1.29 is 29.0 Å². The molecule has 3 rings (SSSR count). The fraction of sp³-hybridized carbons (Fsp3) is 0.375. The highest BCUT2D eigenvalue weighted by molar-refractivity contribution is 5.86. The van der Waals surface area contributed by atoms with Crippen molar-refractivity contribution in [3.05, 3.63) is 59.7 Å². The van der Waals surface area contributed by atoms with E-state index in [1.54, 1.807) is 7.05 Å². The van der Waals surface area contributed by atoms with E-state index in [-0.39, 0.29) is 25.4 Å². The standard InChI is InChI=1S/C24H28N2O6/c1-26(13-14-31-2)23(29)21(11-12-22(27)28)25-24(30)32-15-20-18-9-5-3-7-16(18)17-8-4-6-10-19(17)20/h3-10,20-21H,11-15H2,1-2H3,(H,25,30)(H,27,28). The van der Waals surface area contributed by atoms with Crippen molar-refractivity contribution in [3.8, 4) is 11.1 Å². The van der Waals surface area contributed by atoms with E-state index in [4.69, 9.17) is 14.6 Å². The molecule has 170 valence electrons. The molecule has 0 radical (unpaired) electrons. The van der Waals surface area contributed by atoms with Gasteiger partial charge in [0.05, 0.1) is 6.61 Å². The summed E-state index contributed by atoms with van der Waals surface area (Å²) in [6.07, 6.45) is -1.04. The van der Waals surface area contributed by atoms with Crippen LogP contribution in [0.2, 0.25) is 0 Å².